The Morgan fingerprint density at radius 3 is 0.640 bits per heavy atom. The van der Waals surface area contributed by atoms with Gasteiger partial charge in [-0.2, -0.15) is 0 Å². The van der Waals surface area contributed by atoms with Crippen molar-refractivity contribution < 1.29 is 61.9 Å². The van der Waals surface area contributed by atoms with Crippen LogP contribution in [0.3, 0.4) is 0 Å². The van der Waals surface area contributed by atoms with Crippen molar-refractivity contribution in [3.05, 3.63) is 177 Å². The van der Waals surface area contributed by atoms with E-state index in [1.54, 1.807) is 21.3 Å². The highest BCUT2D eigenvalue weighted by atomic mass is 16.6. The molecule has 0 fully saturated rings. The predicted octanol–water partition coefficient (Wildman–Crippen LogP) is 14.6. The molecule has 0 amide bonds. The van der Waals surface area contributed by atoms with E-state index < -0.39 is 40.3 Å². The Labute approximate surface area is 527 Å². The fourth-order valence-corrected chi connectivity index (χ4v) is 11.5. The number of benzene rings is 6. The molecule has 6 aromatic carbocycles. The summed E-state index contributed by atoms with van der Waals surface area (Å²) in [4.78, 5) is 52.5. The Morgan fingerprint density at radius 2 is 0.494 bits per heavy atom. The van der Waals surface area contributed by atoms with E-state index in [1.165, 1.54) is 33.5 Å². The van der Waals surface area contributed by atoms with Crippen LogP contribution >= 0.6 is 0 Å². The topological polar surface area (TPSA) is 177 Å². The van der Waals surface area contributed by atoms with Gasteiger partial charge in [0.1, 0.15) is 34.5 Å². The number of rotatable bonds is 13. The molecule has 0 radical (unpaired) electrons. The first kappa shape index (κ1) is 68.4. The van der Waals surface area contributed by atoms with E-state index in [1.807, 2.05) is 0 Å². The van der Waals surface area contributed by atoms with Crippen molar-refractivity contribution in [1.82, 2.24) is 0 Å². The van der Waals surface area contributed by atoms with Crippen molar-refractivity contribution in [1.29, 1.82) is 0 Å². The Bertz CT molecular complexity index is 3440. The number of non-ortho nitro benzene ring substituents is 1. The fraction of sp³-hybridized carbons (Fsp3) is 0.473. The third-order valence-corrected chi connectivity index (χ3v) is 16.6. The van der Waals surface area contributed by atoms with Crippen LogP contribution in [0.25, 0.3) is 0 Å². The zero-order valence-corrected chi connectivity index (χ0v) is 56.5. The van der Waals surface area contributed by atoms with Gasteiger partial charge in [0, 0.05) is 61.8 Å². The second-order valence-corrected chi connectivity index (χ2v) is 28.5. The average molecular weight is 1220 g/mol. The lowest BCUT2D eigenvalue weighted by Gasteiger charge is -2.28. The van der Waals surface area contributed by atoms with Crippen LogP contribution in [-0.2, 0) is 94.2 Å². The van der Waals surface area contributed by atoms with Crippen molar-refractivity contribution in [3.63, 3.8) is 0 Å². The minimum Gasteiger partial charge on any atom is -0.496 e. The summed E-state index contributed by atoms with van der Waals surface area (Å²) in [5, 5.41) is 13.3. The molecular weight excluding hydrogens is 1130 g/mol. The molecule has 15 heteroatoms. The molecule has 0 aliphatic heterocycles. The number of fused-ring (bicyclic) bond motifs is 12. The zero-order chi connectivity index (χ0) is 65.9. The number of carbonyl (C=O) groups is 3. The van der Waals surface area contributed by atoms with Crippen LogP contribution in [0.1, 0.15) is 198 Å². The van der Waals surface area contributed by atoms with Crippen LogP contribution in [0.15, 0.2) is 72.8 Å². The van der Waals surface area contributed by atoms with Crippen LogP contribution in [0.2, 0.25) is 0 Å². The molecule has 0 spiro atoms. The number of nitrogens with zero attached hydrogens (tertiary/aromatic N) is 1. The standard InChI is InChI=1S/C74H93NO14/c1-70(2,3)55-28-43-22-49-34-58(73(10,11)12)36-51(67(49)87-40-61(76)81-16)24-45-30-56(71(4,5)6)32-47(65(45)85-20)26-53-38-60(75(79)80)39-54(69(53)89-42-63(78)83-18)27-48-33-57(72(7,8)9)31-46(66(48)86-21)25-52-37-59(74(13,14)15)35-50(23-44(29-55)64(43)84-19)68(52)88-41-62(77)82-17/h28-39H,22-27,40-42H2,1-21H3. The summed E-state index contributed by atoms with van der Waals surface area (Å²) in [7, 11) is 8.84. The third-order valence-electron chi connectivity index (χ3n) is 16.6. The SMILES string of the molecule is COC(=O)COc1c2cc([N+](=O)[O-])cc1Cc1cc(C(C)(C)C)cc(c1OC)Cc1cc(C(C)(C)C)cc(c1OCC(=O)OC)Cc1cc(C(C)(C)C)cc(c1OC)Cc1cc(C(C)(C)C)cc(c1OCC(=O)OC)Cc1cc(C(C)(C)C)cc(c1OC)C2. The van der Waals surface area contributed by atoms with E-state index in [0.717, 1.165) is 72.3 Å². The van der Waals surface area contributed by atoms with Crippen LogP contribution < -0.4 is 28.4 Å². The molecule has 0 N–H and O–H groups in total. The van der Waals surface area contributed by atoms with E-state index in [-0.39, 0.29) is 66.6 Å². The molecule has 478 valence electrons. The van der Waals surface area contributed by atoms with Crippen molar-refractivity contribution in [2.75, 3.05) is 62.5 Å². The fourth-order valence-electron chi connectivity index (χ4n) is 11.5. The van der Waals surface area contributed by atoms with E-state index in [0.29, 0.717) is 63.8 Å². The van der Waals surface area contributed by atoms with E-state index >= 15 is 0 Å². The highest BCUT2D eigenvalue weighted by molar-refractivity contribution is 5.73. The third kappa shape index (κ3) is 16.2. The van der Waals surface area contributed by atoms with E-state index in [2.05, 4.69) is 165 Å². The first-order chi connectivity index (χ1) is 41.5. The van der Waals surface area contributed by atoms with Crippen molar-refractivity contribution in [2.45, 2.75) is 169 Å². The second-order valence-electron chi connectivity index (χ2n) is 28.5. The van der Waals surface area contributed by atoms with Gasteiger partial charge in [-0.3, -0.25) is 10.1 Å². The number of nitro benzene ring substituents is 1. The molecule has 12 bridgehead atoms. The van der Waals surface area contributed by atoms with Crippen molar-refractivity contribution in [2.24, 2.45) is 0 Å². The molecule has 0 saturated carbocycles. The molecule has 0 heterocycles. The number of nitro groups is 1. The van der Waals surface area contributed by atoms with Gasteiger partial charge in [0.25, 0.3) is 5.69 Å². The van der Waals surface area contributed by atoms with Crippen molar-refractivity contribution >= 4 is 23.6 Å². The van der Waals surface area contributed by atoms with Crippen molar-refractivity contribution in [3.8, 4) is 34.5 Å². The molecular formula is C74H93NO14. The maximum Gasteiger partial charge on any atom is 0.343 e. The molecule has 15 nitrogen and oxygen atoms in total. The first-order valence-corrected chi connectivity index (χ1v) is 30.3. The summed E-state index contributed by atoms with van der Waals surface area (Å²) in [6, 6.07) is 24.4. The maximum absolute atomic E-state index is 13.3. The van der Waals surface area contributed by atoms with Gasteiger partial charge in [0.05, 0.1) is 47.6 Å². The van der Waals surface area contributed by atoms with Crippen LogP contribution in [0, 0.1) is 10.1 Å². The molecule has 1 aliphatic rings. The second kappa shape index (κ2) is 27.0. The van der Waals surface area contributed by atoms with Gasteiger partial charge >= 0.3 is 17.9 Å². The quantitative estimate of drug-likeness (QED) is 0.0461. The summed E-state index contributed by atoms with van der Waals surface area (Å²) in [6.45, 7) is 31.0. The van der Waals surface area contributed by atoms with Gasteiger partial charge < -0.3 is 42.6 Å². The van der Waals surface area contributed by atoms with E-state index in [4.69, 9.17) is 42.6 Å². The minimum absolute atomic E-state index is 0.0712. The highest BCUT2D eigenvalue weighted by Gasteiger charge is 2.32. The normalized spacial score (nSPS) is 13.1. The van der Waals surface area contributed by atoms with E-state index in [9.17, 15) is 24.5 Å². The number of esters is 3. The lowest BCUT2D eigenvalue weighted by atomic mass is 9.79. The summed E-state index contributed by atoms with van der Waals surface area (Å²) in [5.41, 5.74) is 11.6. The first-order valence-electron chi connectivity index (χ1n) is 30.3. The molecule has 0 atom stereocenters. The monoisotopic (exact) mass is 1220 g/mol. The highest BCUT2D eigenvalue weighted by Crippen LogP contribution is 2.46. The summed E-state index contributed by atoms with van der Waals surface area (Å²) in [5.74, 6) is 1.19. The lowest BCUT2D eigenvalue weighted by Crippen LogP contribution is -2.19. The largest absolute Gasteiger partial charge is 0.496 e. The molecule has 0 saturated heterocycles. The average Bonchev–Trinajstić information content (AvgIpc) is 0.897. The maximum atomic E-state index is 13.3. The summed E-state index contributed by atoms with van der Waals surface area (Å²) < 4.78 is 55.2. The molecule has 1 aliphatic carbocycles. The predicted molar refractivity (Wildman–Crippen MR) is 348 cm³/mol. The lowest BCUT2D eigenvalue weighted by molar-refractivity contribution is -0.385. The number of hydrogen-bond donors (Lipinski definition) is 0. The van der Waals surface area contributed by atoms with Gasteiger partial charge in [-0.25, -0.2) is 14.4 Å². The smallest absolute Gasteiger partial charge is 0.343 e. The Hall–Kier alpha value is -8.07. The number of hydrogen-bond acceptors (Lipinski definition) is 14. The molecule has 7 rings (SSSR count). The Balaban J connectivity index is 1.71. The molecule has 6 aromatic rings. The molecule has 0 aromatic heterocycles. The molecule has 89 heavy (non-hydrogen) atoms. The minimum atomic E-state index is -0.645. The summed E-state index contributed by atoms with van der Waals surface area (Å²) in [6.07, 6.45) is 1.29. The number of carbonyl (C=O) groups excluding carboxylic acids is 3. The number of methoxy groups -OCH3 is 6. The van der Waals surface area contributed by atoms with Gasteiger partial charge in [-0.15, -0.1) is 0 Å². The molecule has 0 unspecified atom stereocenters. The van der Waals surface area contributed by atoms with Gasteiger partial charge in [-0.1, -0.05) is 165 Å². The van der Waals surface area contributed by atoms with Gasteiger partial charge in [0.15, 0.2) is 19.8 Å². The zero-order valence-electron chi connectivity index (χ0n) is 56.5. The van der Waals surface area contributed by atoms with Crippen LogP contribution in [-0.4, -0.2) is 85.3 Å². The number of ether oxygens (including phenoxy) is 9. The Morgan fingerprint density at radius 1 is 0.326 bits per heavy atom. The van der Waals surface area contributed by atoms with Gasteiger partial charge in [-0.05, 0) is 111 Å². The Kier molecular flexibility index (Phi) is 20.7. The van der Waals surface area contributed by atoms with Crippen LogP contribution in [0.4, 0.5) is 5.69 Å². The van der Waals surface area contributed by atoms with Gasteiger partial charge in [0.2, 0.25) is 0 Å². The van der Waals surface area contributed by atoms with Crippen LogP contribution in [0.5, 0.6) is 34.5 Å². The summed E-state index contributed by atoms with van der Waals surface area (Å²) >= 11 is 0.